The Bertz CT molecular complexity index is 1110. The van der Waals surface area contributed by atoms with E-state index in [2.05, 4.69) is 41.2 Å². The van der Waals surface area contributed by atoms with Gasteiger partial charge in [-0.25, -0.2) is 14.8 Å². The van der Waals surface area contributed by atoms with Crippen LogP contribution < -0.4 is 10.1 Å². The second kappa shape index (κ2) is 11.1. The molecule has 10 nitrogen and oxygen atoms in total. The van der Waals surface area contributed by atoms with Crippen LogP contribution in [0.5, 0.6) is 5.88 Å². The third kappa shape index (κ3) is 5.98. The first kappa shape index (κ1) is 25.1. The number of carbonyl (C=O) groups is 1. The van der Waals surface area contributed by atoms with Gasteiger partial charge in [-0.1, -0.05) is 41.9 Å². The summed E-state index contributed by atoms with van der Waals surface area (Å²) in [4.78, 5) is 30.2. The molecule has 1 unspecified atom stereocenters. The number of methoxy groups -OCH3 is 1. The third-order valence-electron chi connectivity index (χ3n) is 6.04. The molecule has 2 aromatic heterocycles. The maximum Gasteiger partial charge on any atom is 0.407 e. The van der Waals surface area contributed by atoms with Crippen molar-refractivity contribution in [3.05, 3.63) is 59.3 Å². The van der Waals surface area contributed by atoms with Crippen molar-refractivity contribution in [2.24, 2.45) is 5.92 Å². The first-order valence-corrected chi connectivity index (χ1v) is 12.2. The SMILES string of the molecule is COC(=O)N[C@@H](C(C)C)C(O)N1C[C@@H](Oc2cnccn2)C[C@H]1c1ncc(-c2ccc(Br)cc2)[nH]1. The summed E-state index contributed by atoms with van der Waals surface area (Å²) in [5, 5.41) is 14.2. The first-order chi connectivity index (χ1) is 16.9. The summed E-state index contributed by atoms with van der Waals surface area (Å²) in [6, 6.07) is 7.09. The predicted octanol–water partition coefficient (Wildman–Crippen LogP) is 3.52. The highest BCUT2D eigenvalue weighted by Gasteiger charge is 2.43. The Labute approximate surface area is 212 Å². The van der Waals surface area contributed by atoms with E-state index in [1.54, 1.807) is 24.8 Å². The van der Waals surface area contributed by atoms with Crippen LogP contribution in [0.2, 0.25) is 0 Å². The second-order valence-electron chi connectivity index (χ2n) is 8.74. The minimum Gasteiger partial charge on any atom is -0.472 e. The highest BCUT2D eigenvalue weighted by atomic mass is 79.9. The zero-order valence-electron chi connectivity index (χ0n) is 19.8. The summed E-state index contributed by atoms with van der Waals surface area (Å²) in [5.74, 6) is 1.06. The van der Waals surface area contributed by atoms with E-state index in [0.29, 0.717) is 24.7 Å². The van der Waals surface area contributed by atoms with Crippen molar-refractivity contribution in [2.75, 3.05) is 13.7 Å². The molecule has 0 spiro atoms. The molecule has 1 aliphatic rings. The lowest BCUT2D eigenvalue weighted by Crippen LogP contribution is -2.54. The fourth-order valence-corrected chi connectivity index (χ4v) is 4.52. The smallest absolute Gasteiger partial charge is 0.407 e. The van der Waals surface area contributed by atoms with E-state index >= 15 is 0 Å². The average molecular weight is 545 g/mol. The molecule has 35 heavy (non-hydrogen) atoms. The van der Waals surface area contributed by atoms with E-state index in [-0.39, 0.29) is 18.1 Å². The normalized spacial score (nSPS) is 19.9. The molecule has 0 aliphatic carbocycles. The highest BCUT2D eigenvalue weighted by Crippen LogP contribution is 2.36. The number of nitrogens with zero attached hydrogens (tertiary/aromatic N) is 4. The van der Waals surface area contributed by atoms with Crippen molar-refractivity contribution in [3.8, 4) is 17.1 Å². The molecular formula is C24H29BrN6O4. The van der Waals surface area contributed by atoms with Gasteiger partial charge in [-0.05, 0) is 23.6 Å². The van der Waals surface area contributed by atoms with Gasteiger partial charge < -0.3 is 24.9 Å². The van der Waals surface area contributed by atoms with E-state index in [0.717, 1.165) is 15.7 Å². The van der Waals surface area contributed by atoms with Gasteiger partial charge in [0.25, 0.3) is 0 Å². The number of hydrogen-bond donors (Lipinski definition) is 3. The zero-order chi connectivity index (χ0) is 24.9. The lowest BCUT2D eigenvalue weighted by atomic mass is 10.0. The molecule has 1 aromatic carbocycles. The topological polar surface area (TPSA) is 125 Å². The maximum atomic E-state index is 12.0. The lowest BCUT2D eigenvalue weighted by Gasteiger charge is -2.35. The Hall–Kier alpha value is -3.02. The number of hydrogen-bond acceptors (Lipinski definition) is 8. The molecule has 0 radical (unpaired) electrons. The molecule has 3 heterocycles. The Kier molecular flexibility index (Phi) is 7.99. The van der Waals surface area contributed by atoms with E-state index in [9.17, 15) is 9.90 Å². The van der Waals surface area contributed by atoms with Gasteiger partial charge in [0.2, 0.25) is 5.88 Å². The number of H-pyrrole nitrogens is 1. The number of ether oxygens (including phenoxy) is 2. The van der Waals surface area contributed by atoms with Crippen LogP contribution in [0.25, 0.3) is 11.3 Å². The summed E-state index contributed by atoms with van der Waals surface area (Å²) >= 11 is 3.46. The number of carbonyl (C=O) groups excluding carboxylic acids is 1. The predicted molar refractivity (Wildman–Crippen MR) is 132 cm³/mol. The Morgan fingerprint density at radius 1 is 1.23 bits per heavy atom. The number of halogens is 1. The molecule has 1 saturated heterocycles. The number of likely N-dealkylation sites (tertiary alicyclic amines) is 1. The minimum atomic E-state index is -1.00. The summed E-state index contributed by atoms with van der Waals surface area (Å²) in [5.41, 5.74) is 1.87. The number of rotatable bonds is 8. The van der Waals surface area contributed by atoms with Crippen molar-refractivity contribution in [1.29, 1.82) is 0 Å². The number of amides is 1. The standard InChI is InChI=1S/C24H29BrN6O4/c1-14(2)21(30-24(33)34-3)23(32)31-13-17(35-20-12-26-8-9-27-20)10-19(31)22-28-11-18(29-22)15-4-6-16(25)7-5-15/h4-9,11-12,14,17,19,21,23,32H,10,13H2,1-3H3,(H,28,29)(H,30,33)/t17-,19-,21-,23?/m0/s1. The third-order valence-corrected chi connectivity index (χ3v) is 6.57. The number of alkyl carbamates (subject to hydrolysis) is 1. The first-order valence-electron chi connectivity index (χ1n) is 11.4. The van der Waals surface area contributed by atoms with Gasteiger partial charge in [-0.15, -0.1) is 0 Å². The lowest BCUT2D eigenvalue weighted by molar-refractivity contribution is -0.0468. The number of benzene rings is 1. The molecule has 1 amide bonds. The largest absolute Gasteiger partial charge is 0.472 e. The van der Waals surface area contributed by atoms with Crippen LogP contribution in [0.3, 0.4) is 0 Å². The van der Waals surface area contributed by atoms with E-state index < -0.39 is 18.4 Å². The summed E-state index contributed by atoms with van der Waals surface area (Å²) in [7, 11) is 1.30. The number of aliphatic hydroxyl groups is 1. The number of imidazole rings is 1. The number of aliphatic hydroxyl groups excluding tert-OH is 1. The van der Waals surface area contributed by atoms with Crippen molar-refractivity contribution >= 4 is 22.0 Å². The van der Waals surface area contributed by atoms with Gasteiger partial charge in [0, 0.05) is 29.8 Å². The molecule has 1 aliphatic heterocycles. The van der Waals surface area contributed by atoms with Crippen molar-refractivity contribution in [1.82, 2.24) is 30.2 Å². The molecule has 11 heteroatoms. The molecule has 186 valence electrons. The second-order valence-corrected chi connectivity index (χ2v) is 9.66. The van der Waals surface area contributed by atoms with Gasteiger partial charge in [0.1, 0.15) is 18.2 Å². The van der Waals surface area contributed by atoms with Gasteiger partial charge in [-0.2, -0.15) is 0 Å². The van der Waals surface area contributed by atoms with Crippen LogP contribution in [-0.4, -0.2) is 68.1 Å². The molecule has 3 aromatic rings. The summed E-state index contributed by atoms with van der Waals surface area (Å²) < 4.78 is 11.8. The maximum absolute atomic E-state index is 12.0. The van der Waals surface area contributed by atoms with E-state index in [1.807, 2.05) is 43.0 Å². The van der Waals surface area contributed by atoms with Crippen LogP contribution in [0.1, 0.15) is 32.1 Å². The van der Waals surface area contributed by atoms with E-state index in [1.165, 1.54) is 7.11 Å². The van der Waals surface area contributed by atoms with Crippen molar-refractivity contribution in [3.63, 3.8) is 0 Å². The summed E-state index contributed by atoms with van der Waals surface area (Å²) in [6.45, 7) is 4.27. The molecule has 4 rings (SSSR count). The molecule has 0 bridgehead atoms. The van der Waals surface area contributed by atoms with Crippen molar-refractivity contribution < 1.29 is 19.4 Å². The molecule has 3 N–H and O–H groups in total. The van der Waals surface area contributed by atoms with Crippen LogP contribution in [-0.2, 0) is 4.74 Å². The highest BCUT2D eigenvalue weighted by molar-refractivity contribution is 9.10. The van der Waals surface area contributed by atoms with Crippen LogP contribution >= 0.6 is 15.9 Å². The van der Waals surface area contributed by atoms with Gasteiger partial charge >= 0.3 is 6.09 Å². The molecule has 0 saturated carbocycles. The van der Waals surface area contributed by atoms with Crippen molar-refractivity contribution in [2.45, 2.75) is 44.7 Å². The number of aromatic nitrogens is 4. The molecule has 4 atom stereocenters. The van der Waals surface area contributed by atoms with Gasteiger partial charge in [0.15, 0.2) is 0 Å². The average Bonchev–Trinajstić information content (AvgIpc) is 3.50. The fraction of sp³-hybridized carbons (Fsp3) is 0.417. The molecule has 1 fully saturated rings. The zero-order valence-corrected chi connectivity index (χ0v) is 21.3. The van der Waals surface area contributed by atoms with Crippen LogP contribution in [0, 0.1) is 5.92 Å². The van der Waals surface area contributed by atoms with Gasteiger partial charge in [-0.3, -0.25) is 9.88 Å². The Morgan fingerprint density at radius 3 is 2.66 bits per heavy atom. The quantitative estimate of drug-likeness (QED) is 0.393. The van der Waals surface area contributed by atoms with Gasteiger partial charge in [0.05, 0.1) is 37.3 Å². The number of aromatic amines is 1. The molecular weight excluding hydrogens is 516 g/mol. The number of nitrogens with one attached hydrogen (secondary N) is 2. The Balaban J connectivity index is 1.61. The Morgan fingerprint density at radius 2 is 2.00 bits per heavy atom. The monoisotopic (exact) mass is 544 g/mol. The van der Waals surface area contributed by atoms with Crippen LogP contribution in [0.15, 0.2) is 53.5 Å². The fourth-order valence-electron chi connectivity index (χ4n) is 4.25. The van der Waals surface area contributed by atoms with Crippen LogP contribution in [0.4, 0.5) is 4.79 Å². The summed E-state index contributed by atoms with van der Waals surface area (Å²) in [6.07, 6.45) is 5.19. The van der Waals surface area contributed by atoms with E-state index in [4.69, 9.17) is 9.47 Å². The minimum absolute atomic E-state index is 0.0559.